The number of hydrogen-bond acceptors (Lipinski definition) is 7. The van der Waals surface area contributed by atoms with Crippen molar-refractivity contribution >= 4 is 11.7 Å². The first-order valence-electron chi connectivity index (χ1n) is 15.0. The molecule has 0 saturated carbocycles. The molecule has 2 aliphatic rings. The fourth-order valence-corrected chi connectivity index (χ4v) is 6.58. The quantitative estimate of drug-likeness (QED) is 0.204. The van der Waals surface area contributed by atoms with Gasteiger partial charge in [0.1, 0.15) is 23.0 Å². The lowest BCUT2D eigenvalue weighted by Crippen LogP contribution is -2.35. The van der Waals surface area contributed by atoms with Gasteiger partial charge in [-0.15, -0.1) is 0 Å². The first-order chi connectivity index (χ1) is 20.3. The molecule has 0 spiro atoms. The number of piperidine rings is 1. The highest BCUT2D eigenvalue weighted by Gasteiger charge is 2.38. The molecular formula is C35H44N2O5. The van der Waals surface area contributed by atoms with Crippen molar-refractivity contribution in [3.05, 3.63) is 76.9 Å². The second-order valence-electron chi connectivity index (χ2n) is 11.8. The van der Waals surface area contributed by atoms with E-state index in [9.17, 15) is 4.79 Å². The van der Waals surface area contributed by atoms with Gasteiger partial charge in [-0.05, 0) is 73.7 Å². The van der Waals surface area contributed by atoms with E-state index in [2.05, 4.69) is 41.0 Å². The van der Waals surface area contributed by atoms with Crippen LogP contribution in [0.3, 0.4) is 0 Å². The molecule has 0 aromatic heterocycles. The Morgan fingerprint density at radius 2 is 1.69 bits per heavy atom. The van der Waals surface area contributed by atoms with Gasteiger partial charge in [0.2, 0.25) is 0 Å². The zero-order valence-corrected chi connectivity index (χ0v) is 25.8. The van der Waals surface area contributed by atoms with Crippen molar-refractivity contribution < 1.29 is 23.7 Å². The number of likely N-dealkylation sites (tertiary alicyclic amines) is 1. The number of nitrogens with zero attached hydrogens (tertiary/aromatic N) is 2. The zero-order valence-electron chi connectivity index (χ0n) is 25.8. The predicted molar refractivity (Wildman–Crippen MR) is 167 cm³/mol. The molecule has 0 N–H and O–H groups in total. The van der Waals surface area contributed by atoms with Crippen LogP contribution in [0.5, 0.6) is 23.0 Å². The zero-order chi connectivity index (χ0) is 29.8. The van der Waals surface area contributed by atoms with Crippen LogP contribution in [0.2, 0.25) is 0 Å². The molecule has 42 heavy (non-hydrogen) atoms. The minimum atomic E-state index is -0.258. The van der Waals surface area contributed by atoms with Gasteiger partial charge in [-0.25, -0.2) is 0 Å². The molecule has 0 aliphatic carbocycles. The van der Waals surface area contributed by atoms with Gasteiger partial charge in [-0.1, -0.05) is 31.2 Å². The lowest BCUT2D eigenvalue weighted by Gasteiger charge is -2.34. The average Bonchev–Trinajstić information content (AvgIpc) is 3.00. The van der Waals surface area contributed by atoms with Gasteiger partial charge >= 0.3 is 5.97 Å². The number of esters is 1. The molecule has 3 aromatic carbocycles. The summed E-state index contributed by atoms with van der Waals surface area (Å²) in [4.78, 5) is 17.9. The molecule has 0 radical (unpaired) electrons. The molecule has 2 heterocycles. The Bertz CT molecular complexity index is 1370. The molecule has 224 valence electrons. The highest BCUT2D eigenvalue weighted by molar-refractivity contribution is 5.81. The third kappa shape index (κ3) is 6.21. The summed E-state index contributed by atoms with van der Waals surface area (Å²) in [7, 11) is 9.08. The maximum atomic E-state index is 13.3. The molecule has 3 unspecified atom stereocenters. The summed E-state index contributed by atoms with van der Waals surface area (Å²) in [6, 6.07) is 18.6. The summed E-state index contributed by atoms with van der Waals surface area (Å²) in [6.45, 7) is 5.51. The second-order valence-corrected chi connectivity index (χ2v) is 11.8. The van der Waals surface area contributed by atoms with E-state index in [0.29, 0.717) is 23.2 Å². The monoisotopic (exact) mass is 572 g/mol. The third-order valence-electron chi connectivity index (χ3n) is 8.81. The van der Waals surface area contributed by atoms with Crippen molar-refractivity contribution in [3.8, 4) is 23.0 Å². The van der Waals surface area contributed by atoms with Gasteiger partial charge in [0.05, 0.1) is 27.8 Å². The van der Waals surface area contributed by atoms with Crippen molar-refractivity contribution in [1.29, 1.82) is 0 Å². The molecule has 0 bridgehead atoms. The molecule has 3 aromatic rings. The van der Waals surface area contributed by atoms with Gasteiger partial charge in [-0.3, -0.25) is 4.79 Å². The van der Waals surface area contributed by atoms with Crippen LogP contribution in [0, 0.1) is 5.92 Å². The Morgan fingerprint density at radius 3 is 2.31 bits per heavy atom. The number of rotatable bonds is 10. The van der Waals surface area contributed by atoms with Gasteiger partial charge in [0.15, 0.2) is 0 Å². The van der Waals surface area contributed by atoms with E-state index in [1.165, 1.54) is 18.4 Å². The molecule has 7 nitrogen and oxygen atoms in total. The fraction of sp³-hybridized carbons (Fsp3) is 0.457. The maximum Gasteiger partial charge on any atom is 0.312 e. The summed E-state index contributed by atoms with van der Waals surface area (Å²) in [5.74, 6) is 2.84. The second kappa shape index (κ2) is 13.1. The van der Waals surface area contributed by atoms with Crippen LogP contribution >= 0.6 is 0 Å². The molecule has 1 fully saturated rings. The van der Waals surface area contributed by atoms with Crippen molar-refractivity contribution in [2.24, 2.45) is 5.92 Å². The van der Waals surface area contributed by atoms with E-state index in [1.54, 1.807) is 21.3 Å². The number of anilines is 1. The van der Waals surface area contributed by atoms with E-state index >= 15 is 0 Å². The molecule has 0 amide bonds. The Balaban J connectivity index is 1.65. The maximum absolute atomic E-state index is 13.3. The summed E-state index contributed by atoms with van der Waals surface area (Å²) < 4.78 is 23.5. The number of ether oxygens (including phenoxy) is 4. The summed E-state index contributed by atoms with van der Waals surface area (Å²) in [5, 5.41) is 0. The van der Waals surface area contributed by atoms with E-state index in [0.717, 1.165) is 54.2 Å². The van der Waals surface area contributed by atoms with Gasteiger partial charge < -0.3 is 28.7 Å². The topological polar surface area (TPSA) is 60.5 Å². The number of fused-ring (bicyclic) bond motifs is 1. The smallest absolute Gasteiger partial charge is 0.312 e. The number of benzene rings is 3. The van der Waals surface area contributed by atoms with E-state index in [1.807, 2.05) is 44.4 Å². The number of carbonyl (C=O) groups is 1. The predicted octanol–water partition coefficient (Wildman–Crippen LogP) is 6.47. The Labute approximate surface area is 250 Å². The fourth-order valence-electron chi connectivity index (χ4n) is 6.58. The van der Waals surface area contributed by atoms with Crippen LogP contribution in [0.25, 0.3) is 0 Å². The van der Waals surface area contributed by atoms with Crippen LogP contribution < -0.4 is 23.8 Å². The summed E-state index contributed by atoms with van der Waals surface area (Å²) in [6.07, 6.45) is 3.61. The average molecular weight is 573 g/mol. The normalized spacial score (nSPS) is 19.4. The minimum Gasteiger partial charge on any atom is -0.497 e. The highest BCUT2D eigenvalue weighted by atomic mass is 16.5. The van der Waals surface area contributed by atoms with Crippen molar-refractivity contribution in [1.82, 2.24) is 4.90 Å². The molecule has 3 atom stereocenters. The van der Waals surface area contributed by atoms with E-state index in [-0.39, 0.29) is 24.2 Å². The van der Waals surface area contributed by atoms with Gasteiger partial charge in [0, 0.05) is 55.4 Å². The lowest BCUT2D eigenvalue weighted by molar-refractivity contribution is -0.135. The SMILES string of the molecule is COc1ccc(C2CC(=O)Oc3c(C(CCN4CCCC(C)C4)c4ccc(N(C)C)cc4)c(OC)cc(OC)c32)cc1. The van der Waals surface area contributed by atoms with Crippen molar-refractivity contribution in [2.75, 3.05) is 60.0 Å². The van der Waals surface area contributed by atoms with Crippen LogP contribution in [-0.2, 0) is 4.79 Å². The van der Waals surface area contributed by atoms with Crippen LogP contribution in [0.15, 0.2) is 54.6 Å². The Morgan fingerprint density at radius 1 is 0.976 bits per heavy atom. The van der Waals surface area contributed by atoms with Crippen LogP contribution in [0.4, 0.5) is 5.69 Å². The third-order valence-corrected chi connectivity index (χ3v) is 8.81. The number of methoxy groups -OCH3 is 3. The standard InChI is InChI=1S/C35H44N2O5/c1-23-8-7-18-37(22-23)19-17-28(24-9-13-26(14-10-24)36(2)3)33-30(40-5)21-31(41-6)34-29(20-32(38)42-35(33)34)25-11-15-27(39-4)16-12-25/h9-16,21,23,28-29H,7-8,17-20,22H2,1-6H3. The summed E-state index contributed by atoms with van der Waals surface area (Å²) >= 11 is 0. The Kier molecular flexibility index (Phi) is 9.27. The van der Waals surface area contributed by atoms with Gasteiger partial charge in [0.25, 0.3) is 0 Å². The van der Waals surface area contributed by atoms with Gasteiger partial charge in [-0.2, -0.15) is 0 Å². The van der Waals surface area contributed by atoms with Crippen molar-refractivity contribution in [3.63, 3.8) is 0 Å². The largest absolute Gasteiger partial charge is 0.497 e. The Hall–Kier alpha value is -3.71. The van der Waals surface area contributed by atoms with Crippen molar-refractivity contribution in [2.45, 2.75) is 44.4 Å². The first-order valence-corrected chi connectivity index (χ1v) is 15.0. The molecule has 1 saturated heterocycles. The molecule has 2 aliphatic heterocycles. The first kappa shape index (κ1) is 29.8. The molecule has 5 rings (SSSR count). The molecular weight excluding hydrogens is 528 g/mol. The van der Waals surface area contributed by atoms with Crippen LogP contribution in [0.1, 0.15) is 66.7 Å². The number of carbonyl (C=O) groups excluding carboxylic acids is 1. The lowest BCUT2D eigenvalue weighted by atomic mass is 9.80. The number of hydrogen-bond donors (Lipinski definition) is 0. The van der Waals surface area contributed by atoms with E-state index in [4.69, 9.17) is 18.9 Å². The minimum absolute atomic E-state index is 0.0459. The molecule has 7 heteroatoms. The summed E-state index contributed by atoms with van der Waals surface area (Å²) in [5.41, 5.74) is 5.11. The highest BCUT2D eigenvalue weighted by Crippen LogP contribution is 2.53. The van der Waals surface area contributed by atoms with E-state index < -0.39 is 0 Å². The van der Waals surface area contributed by atoms with Crippen LogP contribution in [-0.4, -0.2) is 65.9 Å².